The second-order valence-electron chi connectivity index (χ2n) is 3.13. The molecule has 1 nitrogen and oxygen atoms in total. The summed E-state index contributed by atoms with van der Waals surface area (Å²) in [6.45, 7) is -0.501. The smallest absolute Gasteiger partial charge is 0.358 e. The van der Waals surface area contributed by atoms with Crippen molar-refractivity contribution in [1.82, 2.24) is 0 Å². The van der Waals surface area contributed by atoms with Gasteiger partial charge in [-0.05, 0) is 19.3 Å². The highest BCUT2D eigenvalue weighted by atomic mass is 19.4. The summed E-state index contributed by atoms with van der Waals surface area (Å²) in [5.74, 6) is 0. The van der Waals surface area contributed by atoms with E-state index in [0.717, 1.165) is 0 Å². The van der Waals surface area contributed by atoms with Gasteiger partial charge in [0, 0.05) is 6.61 Å². The van der Waals surface area contributed by atoms with Crippen LogP contribution >= 0.6 is 0 Å². The molecule has 1 rings (SSSR count). The maximum absolute atomic E-state index is 12.2. The summed E-state index contributed by atoms with van der Waals surface area (Å²) < 4.78 is 77.4. The van der Waals surface area contributed by atoms with Crippen molar-refractivity contribution in [2.24, 2.45) is 0 Å². The molecule has 0 aromatic rings. The van der Waals surface area contributed by atoms with Crippen LogP contribution in [0.3, 0.4) is 0 Å². The number of rotatable bonds is 0. The molecule has 0 aromatic carbocycles. The van der Waals surface area contributed by atoms with E-state index in [1.54, 1.807) is 0 Å². The molecule has 1 fully saturated rings. The second kappa shape index (κ2) is 3.29. The van der Waals surface area contributed by atoms with Crippen LogP contribution in [0.1, 0.15) is 19.3 Å². The molecule has 0 spiro atoms. The molecule has 14 heavy (non-hydrogen) atoms. The first-order chi connectivity index (χ1) is 6.21. The lowest BCUT2D eigenvalue weighted by Crippen LogP contribution is -2.60. The Labute approximate surface area is 76.0 Å². The molecule has 0 amide bonds. The SMILES string of the molecule is FC(F)(F)C1(C(F)(F)F)CCCCO1. The fourth-order valence-electron chi connectivity index (χ4n) is 1.40. The molecule has 0 aliphatic carbocycles. The molecule has 1 aliphatic heterocycles. The summed E-state index contributed by atoms with van der Waals surface area (Å²) in [5, 5.41) is 0. The molecule has 1 aliphatic rings. The first-order valence-corrected chi connectivity index (χ1v) is 3.98. The van der Waals surface area contributed by atoms with Crippen LogP contribution in [0.2, 0.25) is 0 Å². The van der Waals surface area contributed by atoms with E-state index in [2.05, 4.69) is 4.74 Å². The van der Waals surface area contributed by atoms with Crippen molar-refractivity contribution in [1.29, 1.82) is 0 Å². The maximum Gasteiger partial charge on any atom is 0.426 e. The van der Waals surface area contributed by atoms with Crippen molar-refractivity contribution in [2.75, 3.05) is 6.61 Å². The minimum Gasteiger partial charge on any atom is -0.358 e. The highest BCUT2D eigenvalue weighted by Gasteiger charge is 2.72. The van der Waals surface area contributed by atoms with Gasteiger partial charge < -0.3 is 4.74 Å². The summed E-state index contributed by atoms with van der Waals surface area (Å²) in [6.07, 6.45) is -11.7. The largest absolute Gasteiger partial charge is 0.426 e. The van der Waals surface area contributed by atoms with Gasteiger partial charge in [0.05, 0.1) is 0 Å². The zero-order chi connectivity index (χ0) is 11.0. The molecule has 0 atom stereocenters. The monoisotopic (exact) mass is 222 g/mol. The highest BCUT2D eigenvalue weighted by molar-refractivity contribution is 4.97. The average molecular weight is 222 g/mol. The molecule has 1 saturated heterocycles. The first-order valence-electron chi connectivity index (χ1n) is 3.98. The van der Waals surface area contributed by atoms with Gasteiger partial charge in [0.15, 0.2) is 0 Å². The molecular formula is C7H8F6O. The van der Waals surface area contributed by atoms with Crippen LogP contribution in [0.4, 0.5) is 26.3 Å². The topological polar surface area (TPSA) is 9.23 Å². The Hall–Kier alpha value is -0.460. The minimum atomic E-state index is -5.40. The zero-order valence-corrected chi connectivity index (χ0v) is 7.00. The first kappa shape index (κ1) is 11.6. The Morgan fingerprint density at radius 3 is 1.57 bits per heavy atom. The molecule has 1 heterocycles. The maximum atomic E-state index is 12.2. The Morgan fingerprint density at radius 2 is 1.36 bits per heavy atom. The van der Waals surface area contributed by atoms with Crippen LogP contribution in [0.5, 0.6) is 0 Å². The minimum absolute atomic E-state index is 0.126. The van der Waals surface area contributed by atoms with Crippen molar-refractivity contribution < 1.29 is 31.1 Å². The summed E-state index contributed by atoms with van der Waals surface area (Å²) in [4.78, 5) is 0. The Bertz CT molecular complexity index is 183. The van der Waals surface area contributed by atoms with Gasteiger partial charge in [-0.15, -0.1) is 0 Å². The van der Waals surface area contributed by atoms with E-state index in [1.165, 1.54) is 0 Å². The van der Waals surface area contributed by atoms with Crippen LogP contribution in [0.25, 0.3) is 0 Å². The van der Waals surface area contributed by atoms with Crippen molar-refractivity contribution in [3.8, 4) is 0 Å². The Balaban J connectivity index is 3.01. The van der Waals surface area contributed by atoms with E-state index in [1.807, 2.05) is 0 Å². The third kappa shape index (κ3) is 1.69. The van der Waals surface area contributed by atoms with Gasteiger partial charge in [-0.2, -0.15) is 26.3 Å². The predicted octanol–water partition coefficient (Wildman–Crippen LogP) is 3.05. The predicted molar refractivity (Wildman–Crippen MR) is 34.6 cm³/mol. The normalized spacial score (nSPS) is 23.6. The third-order valence-electron chi connectivity index (χ3n) is 2.19. The van der Waals surface area contributed by atoms with E-state index in [4.69, 9.17) is 0 Å². The molecule has 0 radical (unpaired) electrons. The van der Waals surface area contributed by atoms with Gasteiger partial charge in [0.25, 0.3) is 5.60 Å². The van der Waals surface area contributed by atoms with Crippen LogP contribution in [0, 0.1) is 0 Å². The average Bonchev–Trinajstić information content (AvgIpc) is 2.02. The highest BCUT2D eigenvalue weighted by Crippen LogP contribution is 2.50. The van der Waals surface area contributed by atoms with Crippen LogP contribution in [-0.4, -0.2) is 24.6 Å². The van der Waals surface area contributed by atoms with Gasteiger partial charge in [-0.3, -0.25) is 0 Å². The summed E-state index contributed by atoms with van der Waals surface area (Å²) in [6, 6.07) is 0. The number of halogens is 6. The van der Waals surface area contributed by atoms with Gasteiger partial charge >= 0.3 is 12.4 Å². The Kier molecular flexibility index (Phi) is 2.73. The molecule has 7 heteroatoms. The third-order valence-corrected chi connectivity index (χ3v) is 2.19. The van der Waals surface area contributed by atoms with Gasteiger partial charge in [0.1, 0.15) is 0 Å². The molecule has 0 bridgehead atoms. The van der Waals surface area contributed by atoms with Crippen LogP contribution in [0.15, 0.2) is 0 Å². The van der Waals surface area contributed by atoms with Crippen LogP contribution < -0.4 is 0 Å². The van der Waals surface area contributed by atoms with Gasteiger partial charge in [0.2, 0.25) is 0 Å². The molecule has 0 unspecified atom stereocenters. The molecule has 0 aromatic heterocycles. The van der Waals surface area contributed by atoms with Crippen molar-refractivity contribution in [3.63, 3.8) is 0 Å². The standard InChI is InChI=1S/C7H8F6O/c8-6(9,10)5(7(11,12)13)3-1-2-4-14-5/h1-4H2. The fourth-order valence-corrected chi connectivity index (χ4v) is 1.40. The fraction of sp³-hybridized carbons (Fsp3) is 1.00. The summed E-state index contributed by atoms with van der Waals surface area (Å²) in [5.41, 5.74) is -3.95. The number of hydrogen-bond donors (Lipinski definition) is 0. The summed E-state index contributed by atoms with van der Waals surface area (Å²) >= 11 is 0. The quantitative estimate of drug-likeness (QED) is 0.572. The number of hydrogen-bond acceptors (Lipinski definition) is 1. The molecule has 0 N–H and O–H groups in total. The zero-order valence-electron chi connectivity index (χ0n) is 7.00. The number of alkyl halides is 6. The van der Waals surface area contributed by atoms with E-state index >= 15 is 0 Å². The summed E-state index contributed by atoms with van der Waals surface area (Å²) in [7, 11) is 0. The van der Waals surface area contributed by atoms with E-state index in [0.29, 0.717) is 0 Å². The molecular weight excluding hydrogens is 214 g/mol. The molecule has 84 valence electrons. The van der Waals surface area contributed by atoms with E-state index in [-0.39, 0.29) is 12.8 Å². The van der Waals surface area contributed by atoms with Gasteiger partial charge in [-0.25, -0.2) is 0 Å². The molecule has 0 saturated carbocycles. The number of ether oxygens (including phenoxy) is 1. The van der Waals surface area contributed by atoms with Crippen molar-refractivity contribution in [3.05, 3.63) is 0 Å². The van der Waals surface area contributed by atoms with E-state index in [9.17, 15) is 26.3 Å². The van der Waals surface area contributed by atoms with Gasteiger partial charge in [-0.1, -0.05) is 0 Å². The van der Waals surface area contributed by atoms with E-state index < -0.39 is 31.0 Å². The second-order valence-corrected chi connectivity index (χ2v) is 3.13. The lowest BCUT2D eigenvalue weighted by atomic mass is 9.92. The Morgan fingerprint density at radius 1 is 0.857 bits per heavy atom. The van der Waals surface area contributed by atoms with Crippen molar-refractivity contribution >= 4 is 0 Å². The van der Waals surface area contributed by atoms with Crippen LogP contribution in [-0.2, 0) is 4.74 Å². The lowest BCUT2D eigenvalue weighted by molar-refractivity contribution is -0.389. The van der Waals surface area contributed by atoms with Crippen molar-refractivity contribution in [2.45, 2.75) is 37.2 Å². The lowest BCUT2D eigenvalue weighted by Gasteiger charge is -2.39.